The van der Waals surface area contributed by atoms with Crippen molar-refractivity contribution in [2.24, 2.45) is 5.73 Å². The van der Waals surface area contributed by atoms with Crippen LogP contribution in [0, 0.1) is 0 Å². The van der Waals surface area contributed by atoms with Gasteiger partial charge in [-0.1, -0.05) is 5.21 Å². The van der Waals surface area contributed by atoms with Gasteiger partial charge in [0.1, 0.15) is 6.54 Å². The van der Waals surface area contributed by atoms with Crippen LogP contribution < -0.4 is 11.1 Å². The zero-order valence-electron chi connectivity index (χ0n) is 9.12. The Hall–Kier alpha value is -1.71. The Morgan fingerprint density at radius 2 is 2.22 bits per heavy atom. The van der Waals surface area contributed by atoms with Gasteiger partial charge in [0.15, 0.2) is 0 Å². The van der Waals surface area contributed by atoms with Crippen LogP contribution in [-0.2, 0) is 17.9 Å². The van der Waals surface area contributed by atoms with E-state index in [1.165, 1.54) is 6.20 Å². The second kappa shape index (κ2) is 5.76. The van der Waals surface area contributed by atoms with Crippen molar-refractivity contribution >= 4 is 5.91 Å². The smallest absolute Gasteiger partial charge is 0.324 e. The summed E-state index contributed by atoms with van der Waals surface area (Å²) in [5, 5.41) is 8.75. The van der Waals surface area contributed by atoms with Crippen LogP contribution in [0.1, 0.15) is 5.69 Å². The van der Waals surface area contributed by atoms with Gasteiger partial charge >= 0.3 is 12.3 Å². The van der Waals surface area contributed by atoms with Gasteiger partial charge in [0, 0.05) is 6.54 Å². The number of amides is 1. The molecule has 0 aliphatic carbocycles. The number of halogens is 4. The molecule has 0 unspecified atom stereocenters. The van der Waals surface area contributed by atoms with E-state index in [2.05, 4.69) is 10.3 Å². The van der Waals surface area contributed by atoms with Crippen LogP contribution in [0.25, 0.3) is 0 Å². The van der Waals surface area contributed by atoms with Crippen molar-refractivity contribution in [2.45, 2.75) is 25.4 Å². The fourth-order valence-electron chi connectivity index (χ4n) is 1.01. The van der Waals surface area contributed by atoms with Gasteiger partial charge in [-0.3, -0.25) is 4.79 Å². The third-order valence-corrected chi connectivity index (χ3v) is 1.94. The highest BCUT2D eigenvalue weighted by atomic mass is 19.3. The van der Waals surface area contributed by atoms with Crippen LogP contribution in [0.2, 0.25) is 0 Å². The summed E-state index contributed by atoms with van der Waals surface area (Å²) in [5.41, 5.74) is 5.66. The number of aromatic nitrogens is 3. The minimum absolute atomic E-state index is 0.116. The van der Waals surface area contributed by atoms with Crippen LogP contribution in [0.5, 0.6) is 0 Å². The molecule has 0 atom stereocenters. The molecule has 0 spiro atoms. The highest BCUT2D eigenvalue weighted by Gasteiger charge is 2.40. The lowest BCUT2D eigenvalue weighted by Gasteiger charge is -2.15. The summed E-state index contributed by atoms with van der Waals surface area (Å²) in [5.74, 6) is -5.12. The molecule has 102 valence electrons. The molecule has 0 aromatic carbocycles. The zero-order chi connectivity index (χ0) is 13.8. The number of carbonyl (C=O) groups is 1. The molecule has 1 amide bonds. The molecule has 0 bridgehead atoms. The van der Waals surface area contributed by atoms with E-state index in [0.29, 0.717) is 5.69 Å². The number of hydrogen-bond acceptors (Lipinski definition) is 4. The lowest BCUT2D eigenvalue weighted by Crippen LogP contribution is -2.42. The molecule has 0 fully saturated rings. The molecule has 3 N–H and O–H groups in total. The SMILES string of the molecule is NCc1cn(CC(=O)NCC(F)(F)C(F)F)nn1. The normalized spacial score (nSPS) is 11.9. The lowest BCUT2D eigenvalue weighted by atomic mass is 10.3. The van der Waals surface area contributed by atoms with E-state index in [-0.39, 0.29) is 6.54 Å². The number of nitrogens with two attached hydrogens (primary N) is 1. The highest BCUT2D eigenvalue weighted by Crippen LogP contribution is 2.21. The molecule has 1 aromatic heterocycles. The quantitative estimate of drug-likeness (QED) is 0.697. The van der Waals surface area contributed by atoms with E-state index < -0.39 is 31.3 Å². The molecule has 0 aliphatic rings. The molecule has 0 radical (unpaired) electrons. The molecule has 1 aromatic rings. The Kier molecular flexibility index (Phi) is 4.59. The first-order valence-electron chi connectivity index (χ1n) is 4.87. The van der Waals surface area contributed by atoms with E-state index in [9.17, 15) is 22.4 Å². The predicted octanol–water partition coefficient (Wildman–Crippen LogP) is -0.247. The molecule has 0 saturated heterocycles. The number of rotatable bonds is 6. The number of carbonyl (C=O) groups excluding carboxylic acids is 1. The minimum Gasteiger partial charge on any atom is -0.348 e. The Bertz CT molecular complexity index is 408. The van der Waals surface area contributed by atoms with Crippen LogP contribution >= 0.6 is 0 Å². The van der Waals surface area contributed by atoms with Gasteiger partial charge in [0.2, 0.25) is 5.91 Å². The number of nitrogens with one attached hydrogen (secondary N) is 1. The molecule has 10 heteroatoms. The van der Waals surface area contributed by atoms with Crippen LogP contribution in [0.4, 0.5) is 17.6 Å². The Balaban J connectivity index is 2.42. The van der Waals surface area contributed by atoms with E-state index in [1.54, 1.807) is 5.32 Å². The number of nitrogens with zero attached hydrogens (tertiary/aromatic N) is 3. The predicted molar refractivity (Wildman–Crippen MR) is 51.9 cm³/mol. The van der Waals surface area contributed by atoms with Crippen LogP contribution in [-0.4, -0.2) is 39.8 Å². The number of hydrogen-bond donors (Lipinski definition) is 2. The first-order valence-corrected chi connectivity index (χ1v) is 4.87. The van der Waals surface area contributed by atoms with E-state index in [0.717, 1.165) is 4.68 Å². The average molecular weight is 269 g/mol. The maximum atomic E-state index is 12.5. The molecule has 0 aliphatic heterocycles. The maximum Gasteiger partial charge on any atom is 0.324 e. The first kappa shape index (κ1) is 14.4. The second-order valence-corrected chi connectivity index (χ2v) is 3.45. The van der Waals surface area contributed by atoms with Gasteiger partial charge in [-0.2, -0.15) is 8.78 Å². The fraction of sp³-hybridized carbons (Fsp3) is 0.625. The number of alkyl halides is 4. The molecule has 1 heterocycles. The van der Waals surface area contributed by atoms with Crippen molar-refractivity contribution in [3.05, 3.63) is 11.9 Å². The molecular weight excluding hydrogens is 258 g/mol. The maximum absolute atomic E-state index is 12.5. The monoisotopic (exact) mass is 269 g/mol. The minimum atomic E-state index is -4.25. The van der Waals surface area contributed by atoms with Crippen molar-refractivity contribution in [1.29, 1.82) is 0 Å². The van der Waals surface area contributed by atoms with Crippen molar-refractivity contribution in [1.82, 2.24) is 20.3 Å². The van der Waals surface area contributed by atoms with Gasteiger partial charge in [0.25, 0.3) is 0 Å². The standard InChI is InChI=1S/C8H11F4N5O/c9-7(10)8(11,12)4-14-6(18)3-17-2-5(1-13)15-16-17/h2,7H,1,3-4,13H2,(H,14,18). The van der Waals surface area contributed by atoms with E-state index in [4.69, 9.17) is 5.73 Å². The first-order chi connectivity index (χ1) is 8.35. The van der Waals surface area contributed by atoms with Crippen molar-refractivity contribution in [2.75, 3.05) is 6.54 Å². The van der Waals surface area contributed by atoms with Crippen LogP contribution in [0.15, 0.2) is 6.20 Å². The van der Waals surface area contributed by atoms with Gasteiger partial charge in [-0.15, -0.1) is 5.10 Å². The lowest BCUT2D eigenvalue weighted by molar-refractivity contribution is -0.136. The summed E-state index contributed by atoms with van der Waals surface area (Å²) >= 11 is 0. The van der Waals surface area contributed by atoms with E-state index in [1.807, 2.05) is 0 Å². The van der Waals surface area contributed by atoms with Gasteiger partial charge in [-0.05, 0) is 0 Å². The summed E-state index contributed by atoms with van der Waals surface area (Å²) in [6.07, 6.45) is -2.47. The largest absolute Gasteiger partial charge is 0.348 e. The molecule has 18 heavy (non-hydrogen) atoms. The molecule has 0 saturated carbocycles. The van der Waals surface area contributed by atoms with E-state index >= 15 is 0 Å². The summed E-state index contributed by atoms with van der Waals surface area (Å²) in [6.45, 7) is -1.71. The molecular formula is C8H11F4N5O. The van der Waals surface area contributed by atoms with Gasteiger partial charge in [-0.25, -0.2) is 13.5 Å². The van der Waals surface area contributed by atoms with Crippen molar-refractivity contribution < 1.29 is 22.4 Å². The van der Waals surface area contributed by atoms with Crippen LogP contribution in [0.3, 0.4) is 0 Å². The summed E-state index contributed by atoms with van der Waals surface area (Å²) in [4.78, 5) is 11.2. The molecule has 1 rings (SSSR count). The topological polar surface area (TPSA) is 85.8 Å². The van der Waals surface area contributed by atoms with Crippen molar-refractivity contribution in [3.8, 4) is 0 Å². The Morgan fingerprint density at radius 3 is 2.72 bits per heavy atom. The average Bonchev–Trinajstić information content (AvgIpc) is 2.74. The molecule has 6 nitrogen and oxygen atoms in total. The zero-order valence-corrected chi connectivity index (χ0v) is 9.12. The highest BCUT2D eigenvalue weighted by molar-refractivity contribution is 5.75. The van der Waals surface area contributed by atoms with Gasteiger partial charge < -0.3 is 11.1 Å². The van der Waals surface area contributed by atoms with Crippen molar-refractivity contribution in [3.63, 3.8) is 0 Å². The summed E-state index contributed by atoms with van der Waals surface area (Å²) in [7, 11) is 0. The second-order valence-electron chi connectivity index (χ2n) is 3.45. The van der Waals surface area contributed by atoms with Gasteiger partial charge in [0.05, 0.1) is 18.4 Å². The summed E-state index contributed by atoms with van der Waals surface area (Å²) in [6, 6.07) is 0. The fourth-order valence-corrected chi connectivity index (χ4v) is 1.01. The Labute approximate surface area is 99.1 Å². The summed E-state index contributed by atoms with van der Waals surface area (Å²) < 4.78 is 49.6. The third-order valence-electron chi connectivity index (χ3n) is 1.94. The third kappa shape index (κ3) is 3.95. The Morgan fingerprint density at radius 1 is 1.56 bits per heavy atom.